The van der Waals surface area contributed by atoms with Crippen LogP contribution in [-0.2, 0) is 0 Å². The van der Waals surface area contributed by atoms with Crippen molar-refractivity contribution in [3.05, 3.63) is 46.5 Å². The van der Waals surface area contributed by atoms with Crippen molar-refractivity contribution in [1.29, 1.82) is 0 Å². The maximum absolute atomic E-state index is 4.71. The molecular formula is C14H24OS. The molecule has 0 radical (unpaired) electrons. The number of hydrogen-bond donors (Lipinski definition) is 0. The number of thiophene rings is 1. The summed E-state index contributed by atoms with van der Waals surface area (Å²) in [6.45, 7) is 12.1. The van der Waals surface area contributed by atoms with Gasteiger partial charge in [0.25, 0.3) is 0 Å². The molecule has 0 saturated carbocycles. The van der Waals surface area contributed by atoms with Gasteiger partial charge in [-0.15, -0.1) is 11.3 Å². The van der Waals surface area contributed by atoms with E-state index in [-0.39, 0.29) is 0 Å². The zero-order valence-electron chi connectivity index (χ0n) is 11.3. The smallest absolute Gasteiger partial charge is 0.0931 e. The normalized spacial score (nSPS) is 7.38. The lowest BCUT2D eigenvalue weighted by molar-refractivity contribution is 0.565. The third kappa shape index (κ3) is 11.1. The predicted molar refractivity (Wildman–Crippen MR) is 75.2 cm³/mol. The first-order valence-corrected chi connectivity index (χ1v) is 6.66. The molecule has 2 rings (SSSR count). The van der Waals surface area contributed by atoms with Gasteiger partial charge in [0.15, 0.2) is 0 Å². The number of hydrogen-bond acceptors (Lipinski definition) is 2. The average molecular weight is 240 g/mol. The van der Waals surface area contributed by atoms with E-state index in [1.54, 1.807) is 23.9 Å². The fourth-order valence-corrected chi connectivity index (χ4v) is 1.22. The zero-order valence-corrected chi connectivity index (χ0v) is 12.1. The molecule has 0 bridgehead atoms. The topological polar surface area (TPSA) is 13.1 Å². The van der Waals surface area contributed by atoms with Crippen LogP contribution in [0.1, 0.15) is 38.1 Å². The first-order valence-electron chi connectivity index (χ1n) is 5.78. The lowest BCUT2D eigenvalue weighted by Gasteiger charge is -1.65. The largest absolute Gasteiger partial charge is 0.472 e. The van der Waals surface area contributed by atoms with Crippen molar-refractivity contribution >= 4 is 11.3 Å². The first-order chi connectivity index (χ1) is 7.79. The Labute approximate surface area is 104 Å². The van der Waals surface area contributed by atoms with E-state index in [2.05, 4.69) is 24.4 Å². The predicted octanol–water partition coefficient (Wildman–Crippen LogP) is 5.70. The second-order valence-electron chi connectivity index (χ2n) is 2.52. The fourth-order valence-electron chi connectivity index (χ4n) is 0.693. The Morgan fingerprint density at radius 1 is 1.00 bits per heavy atom. The summed E-state index contributed by atoms with van der Waals surface area (Å²) in [6, 6.07) is 6.07. The van der Waals surface area contributed by atoms with Crippen molar-refractivity contribution in [3.8, 4) is 0 Å². The molecule has 92 valence electrons. The molecule has 0 aliphatic carbocycles. The molecule has 0 aromatic carbocycles. The van der Waals surface area contributed by atoms with Crippen molar-refractivity contribution in [2.24, 2.45) is 0 Å². The third-order valence-electron chi connectivity index (χ3n) is 1.33. The third-order valence-corrected chi connectivity index (χ3v) is 2.13. The molecular weight excluding hydrogens is 216 g/mol. The molecule has 0 saturated heterocycles. The van der Waals surface area contributed by atoms with Gasteiger partial charge in [-0.1, -0.05) is 33.8 Å². The lowest BCUT2D eigenvalue weighted by Crippen LogP contribution is -1.48. The van der Waals surface area contributed by atoms with Gasteiger partial charge >= 0.3 is 0 Å². The number of aryl methyl sites for hydroxylation is 2. The quantitative estimate of drug-likeness (QED) is 0.576. The summed E-state index contributed by atoms with van der Waals surface area (Å²) in [7, 11) is 0. The average Bonchev–Trinajstić information content (AvgIpc) is 2.98. The van der Waals surface area contributed by atoms with Gasteiger partial charge < -0.3 is 4.42 Å². The van der Waals surface area contributed by atoms with Crippen molar-refractivity contribution < 1.29 is 4.42 Å². The minimum atomic E-state index is 1.18. The Kier molecular flexibility index (Phi) is 15.2. The number of furan rings is 1. The van der Waals surface area contributed by atoms with Crippen LogP contribution in [0.15, 0.2) is 40.5 Å². The highest BCUT2D eigenvalue weighted by Crippen LogP contribution is 2.03. The monoisotopic (exact) mass is 240 g/mol. The minimum Gasteiger partial charge on any atom is -0.472 e. The van der Waals surface area contributed by atoms with E-state index in [0.717, 1.165) is 0 Å². The van der Waals surface area contributed by atoms with E-state index in [4.69, 9.17) is 4.42 Å². The summed E-state index contributed by atoms with van der Waals surface area (Å²) in [4.78, 5) is 1.38. The van der Waals surface area contributed by atoms with Crippen LogP contribution in [0.4, 0.5) is 0 Å². The second-order valence-corrected chi connectivity index (χ2v) is 3.68. The van der Waals surface area contributed by atoms with Crippen molar-refractivity contribution in [2.45, 2.75) is 41.5 Å². The van der Waals surface area contributed by atoms with Gasteiger partial charge in [0.05, 0.1) is 12.5 Å². The SMILES string of the molecule is CC.CC.Cc1cccs1.Cc1ccoc1. The van der Waals surface area contributed by atoms with Crippen molar-refractivity contribution in [1.82, 2.24) is 0 Å². The zero-order chi connectivity index (χ0) is 12.8. The molecule has 2 heteroatoms. The maximum Gasteiger partial charge on any atom is 0.0931 e. The maximum atomic E-state index is 4.71. The molecule has 0 unspecified atom stereocenters. The molecule has 0 atom stereocenters. The highest BCUT2D eigenvalue weighted by Gasteiger charge is 1.76. The molecule has 0 spiro atoms. The van der Waals surface area contributed by atoms with E-state index in [9.17, 15) is 0 Å². The fraction of sp³-hybridized carbons (Fsp3) is 0.429. The van der Waals surface area contributed by atoms with Crippen molar-refractivity contribution in [2.75, 3.05) is 0 Å². The van der Waals surface area contributed by atoms with Gasteiger partial charge in [-0.2, -0.15) is 0 Å². The Bertz CT molecular complexity index is 250. The standard InChI is InChI=1S/C5H6O.C5H6S.2C2H6/c1-5-2-3-6-4-5;1-5-3-2-4-6-5;2*1-2/h2*2-4H,1H3;2*1-2H3. The van der Waals surface area contributed by atoms with Gasteiger partial charge in [-0.3, -0.25) is 0 Å². The lowest BCUT2D eigenvalue weighted by atomic mass is 10.4. The Morgan fingerprint density at radius 3 is 1.75 bits per heavy atom. The molecule has 16 heavy (non-hydrogen) atoms. The van der Waals surface area contributed by atoms with E-state index < -0.39 is 0 Å². The summed E-state index contributed by atoms with van der Waals surface area (Å²) in [5.41, 5.74) is 1.18. The van der Waals surface area contributed by atoms with Crippen LogP contribution in [0, 0.1) is 13.8 Å². The van der Waals surface area contributed by atoms with Gasteiger partial charge in [0.1, 0.15) is 0 Å². The Balaban J connectivity index is 0. The molecule has 1 nitrogen and oxygen atoms in total. The Hall–Kier alpha value is -1.02. The summed E-state index contributed by atoms with van der Waals surface area (Å²) >= 11 is 1.78. The molecule has 2 aromatic rings. The summed E-state index contributed by atoms with van der Waals surface area (Å²) < 4.78 is 4.71. The van der Waals surface area contributed by atoms with Gasteiger partial charge in [0, 0.05) is 4.88 Å². The van der Waals surface area contributed by atoms with E-state index >= 15 is 0 Å². The molecule has 0 fully saturated rings. The van der Waals surface area contributed by atoms with Crippen LogP contribution in [0.2, 0.25) is 0 Å². The van der Waals surface area contributed by atoms with Crippen LogP contribution in [0.3, 0.4) is 0 Å². The van der Waals surface area contributed by atoms with E-state index in [1.165, 1.54) is 10.4 Å². The molecule has 2 heterocycles. The second kappa shape index (κ2) is 14.0. The van der Waals surface area contributed by atoms with E-state index in [0.29, 0.717) is 0 Å². The molecule has 0 aliphatic rings. The first kappa shape index (κ1) is 17.4. The van der Waals surface area contributed by atoms with Crippen LogP contribution < -0.4 is 0 Å². The molecule has 0 N–H and O–H groups in total. The van der Waals surface area contributed by atoms with E-state index in [1.807, 2.05) is 40.7 Å². The Morgan fingerprint density at radius 2 is 1.62 bits per heavy atom. The molecule has 0 aliphatic heterocycles. The van der Waals surface area contributed by atoms with Gasteiger partial charge in [-0.25, -0.2) is 0 Å². The van der Waals surface area contributed by atoms with Crippen LogP contribution in [0.5, 0.6) is 0 Å². The van der Waals surface area contributed by atoms with Gasteiger partial charge in [0.2, 0.25) is 0 Å². The van der Waals surface area contributed by atoms with Crippen LogP contribution in [0.25, 0.3) is 0 Å². The summed E-state index contributed by atoms with van der Waals surface area (Å²) in [5, 5.41) is 2.08. The molecule has 2 aromatic heterocycles. The summed E-state index contributed by atoms with van der Waals surface area (Å²) in [5.74, 6) is 0. The summed E-state index contributed by atoms with van der Waals surface area (Å²) in [6.07, 6.45) is 3.37. The number of rotatable bonds is 0. The highest BCUT2D eigenvalue weighted by atomic mass is 32.1. The highest BCUT2D eigenvalue weighted by molar-refractivity contribution is 7.09. The van der Waals surface area contributed by atoms with Crippen LogP contribution in [-0.4, -0.2) is 0 Å². The van der Waals surface area contributed by atoms with Crippen LogP contribution >= 0.6 is 11.3 Å². The minimum absolute atomic E-state index is 1.18. The van der Waals surface area contributed by atoms with Gasteiger partial charge in [-0.05, 0) is 36.9 Å². The van der Waals surface area contributed by atoms with Crippen molar-refractivity contribution in [3.63, 3.8) is 0 Å². The molecule has 0 amide bonds.